The number of hydrogen-bond donors (Lipinski definition) is 0. The zero-order valence-corrected chi connectivity index (χ0v) is 18.0. The van der Waals surface area contributed by atoms with Crippen molar-refractivity contribution in [2.45, 2.75) is 20.8 Å². The van der Waals surface area contributed by atoms with Crippen molar-refractivity contribution in [3.63, 3.8) is 0 Å². The number of hydrogen-bond acceptors (Lipinski definition) is 2. The van der Waals surface area contributed by atoms with Gasteiger partial charge in [0.25, 0.3) is 0 Å². The Kier molecular flexibility index (Phi) is 5.42. The van der Waals surface area contributed by atoms with E-state index in [0.717, 1.165) is 17.0 Å². The molecule has 0 fully saturated rings. The molecule has 0 bridgehead atoms. The summed E-state index contributed by atoms with van der Waals surface area (Å²) in [6.45, 7) is 6.72. The van der Waals surface area contributed by atoms with Gasteiger partial charge in [-0.3, -0.25) is 0 Å². The summed E-state index contributed by atoms with van der Waals surface area (Å²) in [5.74, 6) is 7.82. The first-order chi connectivity index (χ1) is 14.5. The zero-order valence-electron chi connectivity index (χ0n) is 18.0. The van der Waals surface area contributed by atoms with E-state index in [1.807, 2.05) is 24.3 Å². The van der Waals surface area contributed by atoms with Crippen LogP contribution in [0.3, 0.4) is 0 Å². The molecule has 0 radical (unpaired) electrons. The van der Waals surface area contributed by atoms with Gasteiger partial charge in [0.15, 0.2) is 0 Å². The average Bonchev–Trinajstić information content (AvgIpc) is 2.77. The first-order valence-electron chi connectivity index (χ1n) is 10.3. The molecule has 30 heavy (non-hydrogen) atoms. The minimum Gasteiger partial charge on any atom is -0.497 e. The molecule has 0 saturated carbocycles. The highest BCUT2D eigenvalue weighted by Crippen LogP contribution is 2.36. The lowest BCUT2D eigenvalue weighted by Gasteiger charge is -2.41. The van der Waals surface area contributed by atoms with Gasteiger partial charge in [-0.15, -0.1) is 5.82 Å². The van der Waals surface area contributed by atoms with Gasteiger partial charge >= 0.3 is 6.85 Å². The van der Waals surface area contributed by atoms with Gasteiger partial charge in [0.1, 0.15) is 5.75 Å². The van der Waals surface area contributed by atoms with Crippen molar-refractivity contribution in [1.29, 1.82) is 0 Å². The first-order valence-corrected chi connectivity index (χ1v) is 10.3. The van der Waals surface area contributed by atoms with Gasteiger partial charge in [-0.05, 0) is 53.5 Å². The predicted molar refractivity (Wildman–Crippen MR) is 128 cm³/mol. The SMILES string of the molecule is COc1ccc(C#CB2c3ccccc3C=C(C(C)(C)C)N2c2ccccc2)cc1. The number of methoxy groups -OCH3 is 1. The van der Waals surface area contributed by atoms with Gasteiger partial charge in [0.2, 0.25) is 0 Å². The molecule has 1 aliphatic heterocycles. The molecular formula is C27H26BNO. The summed E-state index contributed by atoms with van der Waals surface area (Å²) in [6, 6.07) is 27.0. The Morgan fingerprint density at radius 1 is 0.833 bits per heavy atom. The largest absolute Gasteiger partial charge is 0.497 e. The van der Waals surface area contributed by atoms with Gasteiger partial charge in [-0.25, -0.2) is 0 Å². The molecule has 148 valence electrons. The molecule has 3 aromatic carbocycles. The monoisotopic (exact) mass is 391 g/mol. The van der Waals surface area contributed by atoms with E-state index in [1.165, 1.54) is 16.7 Å². The van der Waals surface area contributed by atoms with Gasteiger partial charge in [-0.2, -0.15) is 0 Å². The van der Waals surface area contributed by atoms with Crippen LogP contribution in [0.5, 0.6) is 5.75 Å². The van der Waals surface area contributed by atoms with Gasteiger partial charge in [-0.1, -0.05) is 69.2 Å². The molecule has 0 N–H and O–H groups in total. The molecule has 1 aliphatic rings. The molecule has 3 aromatic rings. The summed E-state index contributed by atoms with van der Waals surface area (Å²) < 4.78 is 5.27. The van der Waals surface area contributed by atoms with Crippen LogP contribution in [-0.2, 0) is 0 Å². The molecule has 0 aliphatic carbocycles. The highest BCUT2D eigenvalue weighted by atomic mass is 16.5. The van der Waals surface area contributed by atoms with Crippen LogP contribution in [0.15, 0.2) is 84.6 Å². The summed E-state index contributed by atoms with van der Waals surface area (Å²) in [7, 11) is 1.68. The summed E-state index contributed by atoms with van der Waals surface area (Å²) in [6.07, 6.45) is 2.31. The fraction of sp³-hybridized carbons (Fsp3) is 0.185. The standard InChI is InChI=1S/C27H26BNO/c1-27(2,3)26-20-22-10-8-9-13-25(22)28(29(26)23-11-6-5-7-12-23)19-18-21-14-16-24(30-4)17-15-21/h5-17,20H,1-4H3. The number of rotatable bonds is 2. The third-order valence-corrected chi connectivity index (χ3v) is 5.35. The summed E-state index contributed by atoms with van der Waals surface area (Å²) in [5.41, 5.74) is 5.85. The summed E-state index contributed by atoms with van der Waals surface area (Å²) >= 11 is 0. The van der Waals surface area contributed by atoms with Crippen LogP contribution >= 0.6 is 0 Å². The van der Waals surface area contributed by atoms with E-state index >= 15 is 0 Å². The number of allylic oxidation sites excluding steroid dienone is 1. The second-order valence-corrected chi connectivity index (χ2v) is 8.51. The molecule has 3 heteroatoms. The van der Waals surface area contributed by atoms with E-state index in [2.05, 4.69) is 98.0 Å². The molecule has 0 aromatic heterocycles. The highest BCUT2D eigenvalue weighted by Gasteiger charge is 2.37. The number of anilines is 1. The number of para-hydroxylation sites is 1. The molecule has 0 amide bonds. The van der Waals surface area contributed by atoms with Crippen molar-refractivity contribution in [3.8, 4) is 17.5 Å². The Morgan fingerprint density at radius 3 is 2.17 bits per heavy atom. The Bertz CT molecular complexity index is 1120. The Morgan fingerprint density at radius 2 is 1.50 bits per heavy atom. The van der Waals surface area contributed by atoms with Crippen molar-refractivity contribution >= 4 is 24.1 Å². The van der Waals surface area contributed by atoms with Gasteiger partial charge in [0.05, 0.1) is 7.11 Å². The maximum atomic E-state index is 5.27. The smallest absolute Gasteiger partial charge is 0.381 e. The number of fused-ring (bicyclic) bond motifs is 1. The van der Waals surface area contributed by atoms with E-state index in [0.29, 0.717) is 0 Å². The number of nitrogens with zero attached hydrogens (tertiary/aromatic N) is 1. The maximum absolute atomic E-state index is 5.27. The number of ether oxygens (including phenoxy) is 1. The Balaban J connectivity index is 1.86. The molecule has 4 rings (SSSR count). The van der Waals surface area contributed by atoms with Crippen LogP contribution in [-0.4, -0.2) is 14.0 Å². The van der Waals surface area contributed by atoms with Crippen LogP contribution in [0, 0.1) is 17.2 Å². The topological polar surface area (TPSA) is 12.5 Å². The molecule has 1 heterocycles. The minimum atomic E-state index is -0.0649. The van der Waals surface area contributed by atoms with Crippen LogP contribution in [0.4, 0.5) is 5.69 Å². The van der Waals surface area contributed by atoms with Gasteiger partial charge < -0.3 is 9.55 Å². The molecule has 0 atom stereocenters. The third kappa shape index (κ3) is 4.00. The van der Waals surface area contributed by atoms with E-state index in [-0.39, 0.29) is 12.3 Å². The predicted octanol–water partition coefficient (Wildman–Crippen LogP) is 5.39. The molecule has 2 nitrogen and oxygen atoms in total. The van der Waals surface area contributed by atoms with E-state index < -0.39 is 0 Å². The van der Waals surface area contributed by atoms with Crippen LogP contribution in [0.25, 0.3) is 6.08 Å². The van der Waals surface area contributed by atoms with E-state index in [1.54, 1.807) is 7.11 Å². The van der Waals surface area contributed by atoms with Crippen molar-refractivity contribution in [2.75, 3.05) is 11.9 Å². The van der Waals surface area contributed by atoms with Crippen molar-refractivity contribution in [3.05, 3.63) is 95.7 Å². The van der Waals surface area contributed by atoms with Crippen LogP contribution in [0.1, 0.15) is 31.9 Å². The fourth-order valence-electron chi connectivity index (χ4n) is 3.81. The normalized spacial score (nSPS) is 13.1. The maximum Gasteiger partial charge on any atom is 0.381 e. The van der Waals surface area contributed by atoms with Crippen molar-refractivity contribution in [2.24, 2.45) is 5.41 Å². The summed E-state index contributed by atoms with van der Waals surface area (Å²) in [5, 5.41) is 0. The first kappa shape index (κ1) is 19.9. The summed E-state index contributed by atoms with van der Waals surface area (Å²) in [4.78, 5) is 2.39. The molecular weight excluding hydrogens is 365 g/mol. The van der Waals surface area contributed by atoms with Gasteiger partial charge in [0, 0.05) is 22.4 Å². The lowest BCUT2D eigenvalue weighted by Crippen LogP contribution is -2.53. The average molecular weight is 391 g/mol. The highest BCUT2D eigenvalue weighted by molar-refractivity contribution is 6.85. The molecule has 0 saturated heterocycles. The van der Waals surface area contributed by atoms with Crippen molar-refractivity contribution < 1.29 is 4.74 Å². The molecule has 0 spiro atoms. The third-order valence-electron chi connectivity index (χ3n) is 5.35. The Hall–Kier alpha value is -3.38. The zero-order chi connectivity index (χ0) is 21.1. The quantitative estimate of drug-likeness (QED) is 0.429. The Labute approximate surface area is 180 Å². The van der Waals surface area contributed by atoms with Crippen molar-refractivity contribution in [1.82, 2.24) is 0 Å². The minimum absolute atomic E-state index is 0.0244. The number of benzene rings is 3. The van der Waals surface area contributed by atoms with Crippen LogP contribution < -0.4 is 15.0 Å². The van der Waals surface area contributed by atoms with Crippen LogP contribution in [0.2, 0.25) is 0 Å². The van der Waals surface area contributed by atoms with E-state index in [4.69, 9.17) is 4.74 Å². The second kappa shape index (κ2) is 8.16. The lowest BCUT2D eigenvalue weighted by molar-refractivity contribution is 0.415. The fourth-order valence-corrected chi connectivity index (χ4v) is 3.81. The lowest BCUT2D eigenvalue weighted by atomic mass is 9.50. The second-order valence-electron chi connectivity index (χ2n) is 8.51. The van der Waals surface area contributed by atoms with E-state index in [9.17, 15) is 0 Å². The molecule has 0 unspecified atom stereocenters.